The summed E-state index contributed by atoms with van der Waals surface area (Å²) in [5.74, 6) is 3.38. The minimum Gasteiger partial charge on any atom is -0.348 e. The van der Waals surface area contributed by atoms with Gasteiger partial charge >= 0.3 is 0 Å². The zero-order valence-electron chi connectivity index (χ0n) is 23.1. The number of nitrogens with one attached hydrogen (secondary N) is 1. The van der Waals surface area contributed by atoms with Crippen molar-refractivity contribution in [2.75, 3.05) is 0 Å². The van der Waals surface area contributed by atoms with E-state index in [4.69, 9.17) is 11.6 Å². The molecule has 1 aromatic heterocycles. The van der Waals surface area contributed by atoms with Crippen molar-refractivity contribution in [1.29, 1.82) is 0 Å². The normalized spacial score (nSPS) is 39.1. The molecule has 1 N–H and O–H groups in total. The van der Waals surface area contributed by atoms with Crippen molar-refractivity contribution >= 4 is 40.4 Å². The standard InChI is InChI=1S/C31H44ClNO3S/c1-17(2)29(26-8-9-27(32)37-26)33-28(36)14-18(3)21-6-7-22-20-16-25(35)24-15-19(34)10-12-31(24,5)23(20)11-13-30(21,22)4/h8-9,17-18,20-24,29H,6-7,10-16H2,1-5H3,(H,33,36)/t18-,20+,21?,22+,23+,24+,29?,30-,31-/m1/s1. The smallest absolute Gasteiger partial charge is 0.220 e. The fourth-order valence-corrected chi connectivity index (χ4v) is 10.8. The van der Waals surface area contributed by atoms with Gasteiger partial charge in [0.1, 0.15) is 11.6 Å². The number of thiophene rings is 1. The van der Waals surface area contributed by atoms with Crippen LogP contribution in [0.5, 0.6) is 0 Å². The monoisotopic (exact) mass is 545 g/mol. The lowest BCUT2D eigenvalue weighted by atomic mass is 9.44. The Bertz CT molecular complexity index is 1070. The van der Waals surface area contributed by atoms with E-state index in [1.165, 1.54) is 12.8 Å². The molecule has 0 saturated heterocycles. The second-order valence-electron chi connectivity index (χ2n) is 13.7. The quantitative estimate of drug-likeness (QED) is 0.399. The summed E-state index contributed by atoms with van der Waals surface area (Å²) in [5, 5.41) is 3.32. The molecule has 37 heavy (non-hydrogen) atoms. The Hall–Kier alpha value is -1.20. The Morgan fingerprint density at radius 1 is 1.05 bits per heavy atom. The fraction of sp³-hybridized carbons (Fsp3) is 0.774. The van der Waals surface area contributed by atoms with Crippen molar-refractivity contribution in [3.05, 3.63) is 21.3 Å². The van der Waals surface area contributed by atoms with Crippen LogP contribution in [-0.2, 0) is 14.4 Å². The number of halogens is 1. The van der Waals surface area contributed by atoms with Crippen molar-refractivity contribution in [1.82, 2.24) is 5.32 Å². The molecule has 4 saturated carbocycles. The molecule has 0 radical (unpaired) electrons. The zero-order valence-corrected chi connectivity index (χ0v) is 24.7. The van der Waals surface area contributed by atoms with Crippen LogP contribution in [-0.4, -0.2) is 17.5 Å². The van der Waals surface area contributed by atoms with Crippen LogP contribution >= 0.6 is 22.9 Å². The van der Waals surface area contributed by atoms with Gasteiger partial charge in [-0.15, -0.1) is 11.3 Å². The van der Waals surface area contributed by atoms with E-state index >= 15 is 0 Å². The van der Waals surface area contributed by atoms with Crippen LogP contribution in [0, 0.1) is 52.3 Å². The Kier molecular flexibility index (Phi) is 7.46. The van der Waals surface area contributed by atoms with Gasteiger partial charge in [-0.1, -0.05) is 46.2 Å². The molecule has 4 aliphatic rings. The molecule has 6 heteroatoms. The summed E-state index contributed by atoms with van der Waals surface area (Å²) in [7, 11) is 0. The second kappa shape index (κ2) is 10.1. The minimum atomic E-state index is -0.0497. The van der Waals surface area contributed by atoms with Crippen molar-refractivity contribution in [2.24, 2.45) is 52.3 Å². The summed E-state index contributed by atoms with van der Waals surface area (Å²) in [6.45, 7) is 11.3. The highest BCUT2D eigenvalue weighted by Crippen LogP contribution is 2.67. The Labute approximate surface area is 231 Å². The predicted molar refractivity (Wildman–Crippen MR) is 149 cm³/mol. The number of carbonyl (C=O) groups is 3. The highest BCUT2D eigenvalue weighted by Gasteiger charge is 2.62. The zero-order chi connectivity index (χ0) is 26.7. The van der Waals surface area contributed by atoms with Gasteiger partial charge < -0.3 is 5.32 Å². The molecule has 5 rings (SSSR count). The van der Waals surface area contributed by atoms with Gasteiger partial charge in [0.15, 0.2) is 0 Å². The van der Waals surface area contributed by atoms with E-state index in [9.17, 15) is 14.4 Å². The number of hydrogen-bond donors (Lipinski definition) is 1. The average Bonchev–Trinajstić information content (AvgIpc) is 3.41. The summed E-state index contributed by atoms with van der Waals surface area (Å²) in [4.78, 5) is 39.9. The number of Topliss-reactive ketones (excluding diaryl/α,β-unsaturated/α-hetero) is 2. The van der Waals surface area contributed by atoms with Gasteiger partial charge in [0.25, 0.3) is 0 Å². The molecule has 4 aliphatic carbocycles. The summed E-state index contributed by atoms with van der Waals surface area (Å²) in [5.41, 5.74) is 0.183. The Balaban J connectivity index is 1.28. The molecule has 1 aromatic rings. The van der Waals surface area contributed by atoms with Crippen LogP contribution in [0.3, 0.4) is 0 Å². The molecule has 0 bridgehead atoms. The topological polar surface area (TPSA) is 63.2 Å². The largest absolute Gasteiger partial charge is 0.348 e. The van der Waals surface area contributed by atoms with Crippen molar-refractivity contribution in [3.63, 3.8) is 0 Å². The van der Waals surface area contributed by atoms with E-state index in [-0.39, 0.29) is 34.5 Å². The Morgan fingerprint density at radius 3 is 2.46 bits per heavy atom. The highest BCUT2D eigenvalue weighted by atomic mass is 35.5. The lowest BCUT2D eigenvalue weighted by molar-refractivity contribution is -0.159. The third-order valence-corrected chi connectivity index (χ3v) is 12.7. The van der Waals surface area contributed by atoms with Crippen LogP contribution in [0.25, 0.3) is 0 Å². The lowest BCUT2D eigenvalue weighted by Gasteiger charge is -2.59. The predicted octanol–water partition coefficient (Wildman–Crippen LogP) is 7.65. The first kappa shape index (κ1) is 27.4. The lowest BCUT2D eigenvalue weighted by Crippen LogP contribution is -2.56. The van der Waals surface area contributed by atoms with E-state index in [1.54, 1.807) is 11.3 Å². The molecule has 0 spiro atoms. The molecule has 4 nitrogen and oxygen atoms in total. The number of fused-ring (bicyclic) bond motifs is 5. The summed E-state index contributed by atoms with van der Waals surface area (Å²) in [6.07, 6.45) is 7.89. The molecule has 1 heterocycles. The number of carbonyl (C=O) groups excluding carboxylic acids is 3. The summed E-state index contributed by atoms with van der Waals surface area (Å²) >= 11 is 7.72. The Morgan fingerprint density at radius 2 is 1.78 bits per heavy atom. The maximum absolute atomic E-state index is 13.4. The molecule has 0 aromatic carbocycles. The number of hydrogen-bond acceptors (Lipinski definition) is 4. The molecule has 4 fully saturated rings. The first-order chi connectivity index (χ1) is 17.4. The van der Waals surface area contributed by atoms with E-state index < -0.39 is 0 Å². The van der Waals surface area contributed by atoms with E-state index in [0.29, 0.717) is 67.0 Å². The third kappa shape index (κ3) is 4.75. The third-order valence-electron chi connectivity index (χ3n) is 11.4. The molecule has 0 aliphatic heterocycles. The molecular formula is C31H44ClNO3S. The average molecular weight is 546 g/mol. The number of rotatable bonds is 6. The fourth-order valence-electron chi connectivity index (χ4n) is 9.54. The van der Waals surface area contributed by atoms with Crippen LogP contribution in [0.15, 0.2) is 12.1 Å². The van der Waals surface area contributed by atoms with E-state index in [0.717, 1.165) is 28.5 Å². The highest BCUT2D eigenvalue weighted by molar-refractivity contribution is 7.16. The van der Waals surface area contributed by atoms with Gasteiger partial charge in [-0.05, 0) is 90.6 Å². The molecule has 204 valence electrons. The number of amides is 1. The van der Waals surface area contributed by atoms with Gasteiger partial charge in [-0.3, -0.25) is 14.4 Å². The van der Waals surface area contributed by atoms with Crippen molar-refractivity contribution in [2.45, 2.75) is 98.4 Å². The van der Waals surface area contributed by atoms with Gasteiger partial charge in [0.05, 0.1) is 10.4 Å². The maximum atomic E-state index is 13.4. The van der Waals surface area contributed by atoms with Gasteiger partial charge in [-0.2, -0.15) is 0 Å². The van der Waals surface area contributed by atoms with Crippen LogP contribution in [0.4, 0.5) is 0 Å². The SMILES string of the molecule is CC(C)C(NC(=O)C[C@@H](C)C1CC[C@H]2[C@@H]3CC(=O)[C@@H]4CC(=O)CC[C@]4(C)[C@H]3CC[C@]12C)c1ccc(Cl)s1. The van der Waals surface area contributed by atoms with E-state index in [2.05, 4.69) is 39.9 Å². The van der Waals surface area contributed by atoms with Crippen LogP contribution in [0.2, 0.25) is 4.34 Å². The summed E-state index contributed by atoms with van der Waals surface area (Å²) in [6, 6.07) is 3.93. The molecule has 2 unspecified atom stereocenters. The van der Waals surface area contributed by atoms with Crippen LogP contribution < -0.4 is 5.32 Å². The van der Waals surface area contributed by atoms with Gasteiger partial charge in [0.2, 0.25) is 5.91 Å². The summed E-state index contributed by atoms with van der Waals surface area (Å²) < 4.78 is 0.755. The van der Waals surface area contributed by atoms with Gasteiger partial charge in [0, 0.05) is 36.5 Å². The molecule has 1 amide bonds. The first-order valence-electron chi connectivity index (χ1n) is 14.5. The first-order valence-corrected chi connectivity index (χ1v) is 15.7. The molecular weight excluding hydrogens is 502 g/mol. The van der Waals surface area contributed by atoms with Crippen molar-refractivity contribution in [3.8, 4) is 0 Å². The van der Waals surface area contributed by atoms with E-state index in [1.807, 2.05) is 12.1 Å². The van der Waals surface area contributed by atoms with Crippen LogP contribution in [0.1, 0.15) is 103 Å². The maximum Gasteiger partial charge on any atom is 0.220 e. The minimum absolute atomic E-state index is 0.00459. The molecule has 9 atom stereocenters. The van der Waals surface area contributed by atoms with Gasteiger partial charge in [-0.25, -0.2) is 0 Å². The van der Waals surface area contributed by atoms with Crippen molar-refractivity contribution < 1.29 is 14.4 Å². The number of ketones is 2. The second-order valence-corrected chi connectivity index (χ2v) is 15.4.